The fourth-order valence-corrected chi connectivity index (χ4v) is 3.70. The highest BCUT2D eigenvalue weighted by Gasteiger charge is 2.21. The Labute approximate surface area is 136 Å². The van der Waals surface area contributed by atoms with Gasteiger partial charge in [0, 0.05) is 31.2 Å². The number of benzene rings is 1. The molecule has 0 aliphatic carbocycles. The summed E-state index contributed by atoms with van der Waals surface area (Å²) in [6.07, 6.45) is 3.91. The van der Waals surface area contributed by atoms with Gasteiger partial charge in [-0.3, -0.25) is 9.88 Å². The van der Waals surface area contributed by atoms with E-state index in [4.69, 9.17) is 5.14 Å². The van der Waals surface area contributed by atoms with Crippen LogP contribution in [0.15, 0.2) is 36.5 Å². The minimum atomic E-state index is -3.61. The van der Waals surface area contributed by atoms with Gasteiger partial charge in [-0.05, 0) is 36.9 Å². The number of aromatic nitrogens is 1. The number of hydrogen-bond donors (Lipinski definition) is 2. The number of piperidine rings is 1. The highest BCUT2D eigenvalue weighted by atomic mass is 32.2. The van der Waals surface area contributed by atoms with Crippen LogP contribution in [0.2, 0.25) is 0 Å². The third-order valence-corrected chi connectivity index (χ3v) is 4.86. The Hall–Kier alpha value is -1.54. The summed E-state index contributed by atoms with van der Waals surface area (Å²) in [6.45, 7) is 3.13. The second kappa shape index (κ2) is 6.92. The Morgan fingerprint density at radius 3 is 2.96 bits per heavy atom. The van der Waals surface area contributed by atoms with Gasteiger partial charge in [-0.25, -0.2) is 9.86 Å². The zero-order valence-corrected chi connectivity index (χ0v) is 13.8. The maximum Gasteiger partial charge on any atom is 0.274 e. The molecule has 2 heterocycles. The van der Waals surface area contributed by atoms with Gasteiger partial charge in [0.2, 0.25) is 0 Å². The van der Waals surface area contributed by atoms with Crippen LogP contribution in [0.5, 0.6) is 0 Å². The number of nitrogens with zero attached hydrogens (tertiary/aromatic N) is 2. The van der Waals surface area contributed by atoms with Gasteiger partial charge in [0.25, 0.3) is 10.2 Å². The molecule has 124 valence electrons. The van der Waals surface area contributed by atoms with Crippen LogP contribution in [-0.4, -0.2) is 37.9 Å². The zero-order chi connectivity index (χ0) is 16.3. The average Bonchev–Trinajstić information content (AvgIpc) is 2.53. The van der Waals surface area contributed by atoms with E-state index in [2.05, 4.69) is 38.9 Å². The number of pyridine rings is 1. The Kier molecular flexibility index (Phi) is 4.91. The van der Waals surface area contributed by atoms with Gasteiger partial charge in [0.05, 0.1) is 5.52 Å². The topological polar surface area (TPSA) is 88.3 Å². The smallest absolute Gasteiger partial charge is 0.274 e. The lowest BCUT2D eigenvalue weighted by atomic mass is 9.97. The average molecular weight is 334 g/mol. The first kappa shape index (κ1) is 16.3. The van der Waals surface area contributed by atoms with Crippen molar-refractivity contribution >= 4 is 21.1 Å². The van der Waals surface area contributed by atoms with Gasteiger partial charge in [-0.15, -0.1) is 0 Å². The molecule has 23 heavy (non-hydrogen) atoms. The number of nitrogens with two attached hydrogens (primary N) is 1. The molecule has 0 unspecified atom stereocenters. The molecule has 1 aliphatic heterocycles. The standard InChI is InChI=1S/C16H22N4O2S/c17-23(21,22)19-10-13-4-3-9-20(11-13)12-15-6-1-5-14-7-2-8-18-16(14)15/h1-2,5-8,13,19H,3-4,9-12H2,(H2,17,21,22)/t13-/m1/s1. The summed E-state index contributed by atoms with van der Waals surface area (Å²) in [7, 11) is -3.61. The lowest BCUT2D eigenvalue weighted by Gasteiger charge is -2.32. The monoisotopic (exact) mass is 334 g/mol. The van der Waals surface area contributed by atoms with Crippen molar-refractivity contribution in [2.24, 2.45) is 11.1 Å². The SMILES string of the molecule is NS(=O)(=O)NC[C@H]1CCCN(Cc2cccc3cccnc23)C1. The van der Waals surface area contributed by atoms with Crippen molar-refractivity contribution in [2.75, 3.05) is 19.6 Å². The molecule has 0 amide bonds. The van der Waals surface area contributed by atoms with Crippen LogP contribution in [0.1, 0.15) is 18.4 Å². The Morgan fingerprint density at radius 1 is 1.30 bits per heavy atom. The highest BCUT2D eigenvalue weighted by Crippen LogP contribution is 2.22. The largest absolute Gasteiger partial charge is 0.299 e. The first-order valence-electron chi connectivity index (χ1n) is 7.83. The molecule has 0 radical (unpaired) electrons. The lowest BCUT2D eigenvalue weighted by Crippen LogP contribution is -2.42. The molecule has 0 saturated carbocycles. The molecule has 0 bridgehead atoms. The molecule has 3 rings (SSSR count). The molecule has 1 aromatic heterocycles. The summed E-state index contributed by atoms with van der Waals surface area (Å²) in [4.78, 5) is 6.86. The summed E-state index contributed by atoms with van der Waals surface area (Å²) in [5, 5.41) is 6.16. The highest BCUT2D eigenvalue weighted by molar-refractivity contribution is 7.87. The van der Waals surface area contributed by atoms with E-state index in [1.165, 1.54) is 5.56 Å². The van der Waals surface area contributed by atoms with Gasteiger partial charge in [0.15, 0.2) is 0 Å². The molecule has 1 aliphatic rings. The summed E-state index contributed by atoms with van der Waals surface area (Å²) >= 11 is 0. The summed E-state index contributed by atoms with van der Waals surface area (Å²) in [5.74, 6) is 0.296. The van der Waals surface area contributed by atoms with Crippen LogP contribution >= 0.6 is 0 Å². The van der Waals surface area contributed by atoms with E-state index in [-0.39, 0.29) is 0 Å². The first-order chi connectivity index (χ1) is 11.0. The second-order valence-corrected chi connectivity index (χ2v) is 7.51. The summed E-state index contributed by atoms with van der Waals surface area (Å²) in [5.41, 5.74) is 2.25. The van der Waals surface area contributed by atoms with E-state index in [0.717, 1.165) is 43.4 Å². The number of para-hydroxylation sites is 1. The maximum absolute atomic E-state index is 11.0. The Balaban J connectivity index is 1.67. The van der Waals surface area contributed by atoms with Gasteiger partial charge < -0.3 is 0 Å². The van der Waals surface area contributed by atoms with E-state index in [9.17, 15) is 8.42 Å². The fraction of sp³-hybridized carbons (Fsp3) is 0.438. The van der Waals surface area contributed by atoms with Crippen molar-refractivity contribution in [1.82, 2.24) is 14.6 Å². The lowest BCUT2D eigenvalue weighted by molar-refractivity contribution is 0.169. The molecular formula is C16H22N4O2S. The third kappa shape index (κ3) is 4.48. The van der Waals surface area contributed by atoms with Gasteiger partial charge >= 0.3 is 0 Å². The molecule has 2 aromatic rings. The summed E-state index contributed by atoms with van der Waals surface area (Å²) in [6, 6.07) is 10.3. The molecule has 6 nitrogen and oxygen atoms in total. The minimum Gasteiger partial charge on any atom is -0.299 e. The van der Waals surface area contributed by atoms with E-state index in [1.54, 1.807) is 0 Å². The molecular weight excluding hydrogens is 312 g/mol. The normalized spacial score (nSPS) is 20.0. The number of hydrogen-bond acceptors (Lipinski definition) is 4. The fourth-order valence-electron chi connectivity index (χ4n) is 3.23. The van der Waals surface area contributed by atoms with Gasteiger partial charge in [0.1, 0.15) is 0 Å². The third-order valence-electron chi connectivity index (χ3n) is 4.29. The molecule has 3 N–H and O–H groups in total. The molecule has 1 atom stereocenters. The van der Waals surface area contributed by atoms with Crippen LogP contribution in [0.25, 0.3) is 10.9 Å². The second-order valence-electron chi connectivity index (χ2n) is 6.13. The van der Waals surface area contributed by atoms with Gasteiger partial charge in [-0.2, -0.15) is 8.42 Å². The van der Waals surface area contributed by atoms with E-state index < -0.39 is 10.2 Å². The maximum atomic E-state index is 11.0. The van der Waals surface area contributed by atoms with Crippen molar-refractivity contribution in [3.63, 3.8) is 0 Å². The van der Waals surface area contributed by atoms with E-state index >= 15 is 0 Å². The minimum absolute atomic E-state index is 0.296. The van der Waals surface area contributed by atoms with Crippen LogP contribution in [0, 0.1) is 5.92 Å². The molecule has 1 aromatic carbocycles. The van der Waals surface area contributed by atoms with Gasteiger partial charge in [-0.1, -0.05) is 24.3 Å². The van der Waals surface area contributed by atoms with E-state index in [0.29, 0.717) is 12.5 Å². The Bertz CT molecular complexity index is 773. The van der Waals surface area contributed by atoms with Crippen molar-refractivity contribution in [3.05, 3.63) is 42.1 Å². The number of likely N-dealkylation sites (tertiary alicyclic amines) is 1. The predicted octanol–water partition coefficient (Wildman–Crippen LogP) is 1.24. The zero-order valence-electron chi connectivity index (χ0n) is 13.0. The van der Waals surface area contributed by atoms with Crippen LogP contribution < -0.4 is 9.86 Å². The van der Waals surface area contributed by atoms with Crippen LogP contribution in [0.4, 0.5) is 0 Å². The van der Waals surface area contributed by atoms with Crippen molar-refractivity contribution in [3.8, 4) is 0 Å². The molecule has 7 heteroatoms. The number of nitrogens with one attached hydrogen (secondary N) is 1. The predicted molar refractivity (Wildman–Crippen MR) is 90.9 cm³/mol. The molecule has 1 fully saturated rings. The van der Waals surface area contributed by atoms with Crippen LogP contribution in [-0.2, 0) is 16.8 Å². The number of rotatable bonds is 5. The number of fused-ring (bicyclic) bond motifs is 1. The summed E-state index contributed by atoms with van der Waals surface area (Å²) < 4.78 is 24.5. The first-order valence-corrected chi connectivity index (χ1v) is 9.38. The van der Waals surface area contributed by atoms with Crippen molar-refractivity contribution < 1.29 is 8.42 Å². The van der Waals surface area contributed by atoms with Crippen molar-refractivity contribution in [1.29, 1.82) is 0 Å². The van der Waals surface area contributed by atoms with Crippen LogP contribution in [0.3, 0.4) is 0 Å². The molecule has 1 saturated heterocycles. The quantitative estimate of drug-likeness (QED) is 0.861. The molecule has 0 spiro atoms. The van der Waals surface area contributed by atoms with Crippen molar-refractivity contribution in [2.45, 2.75) is 19.4 Å². The Morgan fingerprint density at radius 2 is 2.13 bits per heavy atom. The van der Waals surface area contributed by atoms with E-state index in [1.807, 2.05) is 12.3 Å².